The minimum Gasteiger partial charge on any atom is -0.453 e. The molecule has 3 nitrogen and oxygen atoms in total. The molecule has 5 heteroatoms. The average molecular weight is 207 g/mol. The number of rotatable bonds is 1. The Balaban J connectivity index is 2.39. The second-order valence-electron chi connectivity index (χ2n) is 2.48. The van der Waals surface area contributed by atoms with Gasteiger partial charge < -0.3 is 4.74 Å². The van der Waals surface area contributed by atoms with Crippen LogP contribution in [-0.4, -0.2) is 41.4 Å². The molecule has 1 rings (SSSR count). The summed E-state index contributed by atoms with van der Waals surface area (Å²) in [6, 6.07) is 0. The maximum absolute atomic E-state index is 11.1. The Bertz CT molecular complexity index is 159. The van der Waals surface area contributed by atoms with Crippen molar-refractivity contribution in [2.24, 2.45) is 0 Å². The molecule has 0 aromatic heterocycles. The Morgan fingerprint density at radius 3 is 2.58 bits per heavy atom. The van der Waals surface area contributed by atoms with Crippen LogP contribution in [0.1, 0.15) is 6.42 Å². The number of carbonyl (C=O) groups excluding carboxylic acids is 1. The Hall–Kier alpha value is -0.0300. The van der Waals surface area contributed by atoms with E-state index in [2.05, 4.69) is 4.74 Å². The monoisotopic (exact) mass is 207 g/mol. The summed E-state index contributed by atoms with van der Waals surface area (Å²) in [5.74, 6) is 2.28. The number of ether oxygens (including phenoxy) is 1. The van der Waals surface area contributed by atoms with Gasteiger partial charge in [-0.2, -0.15) is 0 Å². The summed E-state index contributed by atoms with van der Waals surface area (Å²) >= 11 is 3.61. The van der Waals surface area contributed by atoms with Gasteiger partial charge in [0.15, 0.2) is 0 Å². The Kier molecular flexibility index (Phi) is 4.08. The highest BCUT2D eigenvalue weighted by atomic mass is 32.2. The summed E-state index contributed by atoms with van der Waals surface area (Å²) < 4.78 is 4.87. The molecule has 12 heavy (non-hydrogen) atoms. The van der Waals surface area contributed by atoms with Gasteiger partial charge in [0.05, 0.1) is 7.11 Å². The number of carbonyl (C=O) groups is 1. The molecular formula is C7H13NO2S2. The normalized spacial score (nSPS) is 18.8. The Morgan fingerprint density at radius 1 is 1.50 bits per heavy atom. The van der Waals surface area contributed by atoms with Crippen LogP contribution in [0, 0.1) is 0 Å². The van der Waals surface area contributed by atoms with Crippen molar-refractivity contribution in [3.05, 3.63) is 0 Å². The van der Waals surface area contributed by atoms with E-state index < -0.39 is 0 Å². The summed E-state index contributed by atoms with van der Waals surface area (Å²) in [5.41, 5.74) is 0. The van der Waals surface area contributed by atoms with Gasteiger partial charge >= 0.3 is 6.09 Å². The van der Waals surface area contributed by atoms with Gasteiger partial charge in [-0.3, -0.25) is 4.90 Å². The first-order valence-electron chi connectivity index (χ1n) is 3.79. The second-order valence-corrected chi connectivity index (χ2v) is 5.16. The summed E-state index contributed by atoms with van der Waals surface area (Å²) in [6.07, 6.45) is 0.989. The van der Waals surface area contributed by atoms with E-state index in [4.69, 9.17) is 0 Å². The summed E-state index contributed by atoms with van der Waals surface area (Å²) in [7, 11) is 3.19. The van der Waals surface area contributed by atoms with Crippen molar-refractivity contribution < 1.29 is 9.53 Å². The maximum atomic E-state index is 11.1. The molecule has 0 unspecified atom stereocenters. The van der Waals surface area contributed by atoms with Crippen LogP contribution < -0.4 is 0 Å². The lowest BCUT2D eigenvalue weighted by atomic mass is 10.6. The number of methoxy groups -OCH3 is 1. The molecule has 1 aliphatic rings. The van der Waals surface area contributed by atoms with Gasteiger partial charge in [0.1, 0.15) is 4.71 Å². The predicted molar refractivity (Wildman–Crippen MR) is 53.5 cm³/mol. The molecule has 0 aliphatic carbocycles. The average Bonchev–Trinajstić information content (AvgIpc) is 2.17. The number of nitrogens with zero attached hydrogens (tertiary/aromatic N) is 1. The van der Waals surface area contributed by atoms with E-state index in [0.717, 1.165) is 11.5 Å². The SMILES string of the molecule is COC(=O)N(C)C1SCCCS1. The van der Waals surface area contributed by atoms with Crippen molar-refractivity contribution in [3.8, 4) is 0 Å². The Morgan fingerprint density at radius 2 is 2.08 bits per heavy atom. The number of amides is 1. The number of thioether (sulfide) groups is 2. The molecule has 0 spiro atoms. The third kappa shape index (κ3) is 2.48. The topological polar surface area (TPSA) is 29.5 Å². The van der Waals surface area contributed by atoms with Gasteiger partial charge in [-0.05, 0) is 17.9 Å². The van der Waals surface area contributed by atoms with Crippen molar-refractivity contribution >= 4 is 29.6 Å². The highest BCUT2D eigenvalue weighted by molar-refractivity contribution is 8.17. The fraction of sp³-hybridized carbons (Fsp3) is 0.857. The van der Waals surface area contributed by atoms with Crippen LogP contribution >= 0.6 is 23.5 Å². The fourth-order valence-electron chi connectivity index (χ4n) is 0.929. The van der Waals surface area contributed by atoms with E-state index >= 15 is 0 Å². The van der Waals surface area contributed by atoms with Gasteiger partial charge in [-0.15, -0.1) is 23.5 Å². The highest BCUT2D eigenvalue weighted by Gasteiger charge is 2.23. The summed E-state index contributed by atoms with van der Waals surface area (Å²) in [4.78, 5) is 12.7. The molecule has 0 N–H and O–H groups in total. The molecule has 0 aromatic carbocycles. The van der Waals surface area contributed by atoms with Crippen molar-refractivity contribution in [1.82, 2.24) is 4.90 Å². The molecule has 1 amide bonds. The van der Waals surface area contributed by atoms with Crippen molar-refractivity contribution in [3.63, 3.8) is 0 Å². The molecule has 1 fully saturated rings. The predicted octanol–water partition coefficient (Wildman–Crippen LogP) is 1.84. The van der Waals surface area contributed by atoms with Gasteiger partial charge in [-0.1, -0.05) is 0 Å². The minimum atomic E-state index is -0.248. The number of hydrogen-bond acceptors (Lipinski definition) is 4. The van der Waals surface area contributed by atoms with Crippen LogP contribution in [0.3, 0.4) is 0 Å². The van der Waals surface area contributed by atoms with Crippen molar-refractivity contribution in [1.29, 1.82) is 0 Å². The first-order valence-corrected chi connectivity index (χ1v) is 5.89. The molecule has 0 radical (unpaired) electrons. The maximum Gasteiger partial charge on any atom is 0.410 e. The van der Waals surface area contributed by atoms with Crippen LogP contribution in [0.4, 0.5) is 4.79 Å². The molecular weight excluding hydrogens is 194 g/mol. The van der Waals surface area contributed by atoms with E-state index in [9.17, 15) is 4.79 Å². The standard InChI is InChI=1S/C7H13NO2S2/c1-8(6(9)10-2)7-11-4-3-5-12-7/h7H,3-5H2,1-2H3. The van der Waals surface area contributed by atoms with Crippen molar-refractivity contribution in [2.45, 2.75) is 11.1 Å². The zero-order valence-corrected chi connectivity index (χ0v) is 8.91. The molecule has 1 heterocycles. The minimum absolute atomic E-state index is 0.242. The zero-order valence-electron chi connectivity index (χ0n) is 7.28. The third-order valence-corrected chi connectivity index (χ3v) is 4.66. The quantitative estimate of drug-likeness (QED) is 0.656. The lowest BCUT2D eigenvalue weighted by Gasteiger charge is -2.28. The lowest BCUT2D eigenvalue weighted by Crippen LogP contribution is -2.34. The summed E-state index contributed by atoms with van der Waals surface area (Å²) in [5, 5.41) is 0. The van der Waals surface area contributed by atoms with Crippen LogP contribution in [0.5, 0.6) is 0 Å². The largest absolute Gasteiger partial charge is 0.453 e. The smallest absolute Gasteiger partial charge is 0.410 e. The van der Waals surface area contributed by atoms with E-state index in [-0.39, 0.29) is 10.8 Å². The van der Waals surface area contributed by atoms with Crippen LogP contribution in [0.2, 0.25) is 0 Å². The molecule has 0 saturated carbocycles. The van der Waals surface area contributed by atoms with Gasteiger partial charge in [0, 0.05) is 7.05 Å². The second kappa shape index (κ2) is 4.87. The van der Waals surface area contributed by atoms with Gasteiger partial charge in [0.2, 0.25) is 0 Å². The molecule has 0 bridgehead atoms. The van der Waals surface area contributed by atoms with E-state index in [0.29, 0.717) is 0 Å². The molecule has 0 aromatic rings. The van der Waals surface area contributed by atoms with Crippen molar-refractivity contribution in [2.75, 3.05) is 25.7 Å². The van der Waals surface area contributed by atoms with Crippen LogP contribution in [0.25, 0.3) is 0 Å². The van der Waals surface area contributed by atoms with E-state index in [1.54, 1.807) is 35.5 Å². The van der Waals surface area contributed by atoms with Gasteiger partial charge in [-0.25, -0.2) is 4.79 Å². The van der Waals surface area contributed by atoms with E-state index in [1.807, 2.05) is 0 Å². The first-order chi connectivity index (χ1) is 5.75. The molecule has 1 saturated heterocycles. The fourth-order valence-corrected chi connectivity index (χ4v) is 3.72. The summed E-state index contributed by atoms with van der Waals surface area (Å²) in [6.45, 7) is 0. The zero-order chi connectivity index (χ0) is 8.97. The van der Waals surface area contributed by atoms with Crippen LogP contribution in [0.15, 0.2) is 0 Å². The molecule has 0 atom stereocenters. The van der Waals surface area contributed by atoms with Gasteiger partial charge in [0.25, 0.3) is 0 Å². The highest BCUT2D eigenvalue weighted by Crippen LogP contribution is 2.32. The molecule has 70 valence electrons. The Labute approximate surface area is 81.2 Å². The van der Waals surface area contributed by atoms with E-state index in [1.165, 1.54) is 13.5 Å². The third-order valence-electron chi connectivity index (χ3n) is 1.59. The van der Waals surface area contributed by atoms with Crippen LogP contribution in [-0.2, 0) is 4.74 Å². The first kappa shape index (κ1) is 10.1. The number of hydrogen-bond donors (Lipinski definition) is 0. The molecule has 1 aliphatic heterocycles. The lowest BCUT2D eigenvalue weighted by molar-refractivity contribution is 0.137.